The lowest BCUT2D eigenvalue weighted by Gasteiger charge is -2.26. The average molecular weight is 333 g/mol. The third-order valence-electron chi connectivity index (χ3n) is 4.28. The zero-order chi connectivity index (χ0) is 16.9. The Bertz CT molecular complexity index is 584. The van der Waals surface area contributed by atoms with E-state index in [-0.39, 0.29) is 18.4 Å². The predicted octanol–water partition coefficient (Wildman–Crippen LogP) is 2.06. The number of ether oxygens (including phenoxy) is 1. The van der Waals surface area contributed by atoms with E-state index in [0.717, 1.165) is 37.4 Å². The molecule has 2 fully saturated rings. The molecule has 2 saturated heterocycles. The lowest BCUT2D eigenvalue weighted by atomic mass is 10.2. The van der Waals surface area contributed by atoms with Gasteiger partial charge in [0.1, 0.15) is 11.9 Å². The van der Waals surface area contributed by atoms with Crippen LogP contribution in [-0.2, 0) is 9.53 Å². The SMILES string of the molecule is NC(=O)CCC1CN(c2ccc(ON3CCCCC3)cc2)C(=O)O1. The van der Waals surface area contributed by atoms with Crippen LogP contribution in [0.5, 0.6) is 5.75 Å². The summed E-state index contributed by atoms with van der Waals surface area (Å²) in [6.45, 7) is 2.32. The van der Waals surface area contributed by atoms with Gasteiger partial charge in [0.25, 0.3) is 0 Å². The molecule has 2 N–H and O–H groups in total. The Morgan fingerprint density at radius 2 is 1.92 bits per heavy atom. The normalized spacial score (nSPS) is 21.6. The third-order valence-corrected chi connectivity index (χ3v) is 4.28. The molecule has 2 amide bonds. The van der Waals surface area contributed by atoms with Crippen molar-refractivity contribution in [3.05, 3.63) is 24.3 Å². The molecule has 0 aliphatic carbocycles. The first-order valence-electron chi connectivity index (χ1n) is 8.41. The van der Waals surface area contributed by atoms with Crippen LogP contribution in [0, 0.1) is 0 Å². The first-order valence-corrected chi connectivity index (χ1v) is 8.41. The molecule has 2 aliphatic rings. The first kappa shape index (κ1) is 16.6. The molecule has 7 heteroatoms. The van der Waals surface area contributed by atoms with Crippen LogP contribution in [0.4, 0.5) is 10.5 Å². The summed E-state index contributed by atoms with van der Waals surface area (Å²) >= 11 is 0. The van der Waals surface area contributed by atoms with Gasteiger partial charge in [-0.05, 0) is 43.5 Å². The van der Waals surface area contributed by atoms with E-state index in [1.807, 2.05) is 29.3 Å². The van der Waals surface area contributed by atoms with Crippen molar-refractivity contribution in [2.75, 3.05) is 24.5 Å². The fourth-order valence-electron chi connectivity index (χ4n) is 2.98. The summed E-state index contributed by atoms with van der Waals surface area (Å²) in [4.78, 5) is 30.2. The van der Waals surface area contributed by atoms with Gasteiger partial charge in [-0.3, -0.25) is 9.69 Å². The Hall–Kier alpha value is -2.28. The third kappa shape index (κ3) is 4.17. The zero-order valence-corrected chi connectivity index (χ0v) is 13.6. The Morgan fingerprint density at radius 1 is 1.21 bits per heavy atom. The largest absolute Gasteiger partial charge is 0.444 e. The molecule has 0 aromatic heterocycles. The molecular formula is C17H23N3O4. The number of nitrogens with zero attached hydrogens (tertiary/aromatic N) is 2. The molecule has 0 spiro atoms. The molecule has 0 saturated carbocycles. The van der Waals surface area contributed by atoms with Gasteiger partial charge in [0.2, 0.25) is 5.91 Å². The Kier molecular flexibility index (Phi) is 5.20. The second-order valence-electron chi connectivity index (χ2n) is 6.20. The number of amides is 2. The number of carbonyl (C=O) groups excluding carboxylic acids is 2. The molecule has 1 unspecified atom stereocenters. The summed E-state index contributed by atoms with van der Waals surface area (Å²) in [5, 5.41) is 1.97. The maximum absolute atomic E-state index is 12.0. The Balaban J connectivity index is 1.56. The van der Waals surface area contributed by atoms with Crippen LogP contribution in [0.1, 0.15) is 32.1 Å². The summed E-state index contributed by atoms with van der Waals surface area (Å²) < 4.78 is 5.27. The smallest absolute Gasteiger partial charge is 0.414 e. The maximum Gasteiger partial charge on any atom is 0.414 e. The fraction of sp³-hybridized carbons (Fsp3) is 0.529. The quantitative estimate of drug-likeness (QED) is 0.861. The number of nitrogens with two attached hydrogens (primary N) is 1. The van der Waals surface area contributed by atoms with E-state index in [9.17, 15) is 9.59 Å². The number of benzene rings is 1. The van der Waals surface area contributed by atoms with Gasteiger partial charge in [-0.15, -0.1) is 5.06 Å². The van der Waals surface area contributed by atoms with Crippen molar-refractivity contribution in [3.8, 4) is 5.75 Å². The van der Waals surface area contributed by atoms with E-state index in [1.54, 1.807) is 4.90 Å². The van der Waals surface area contributed by atoms with E-state index in [1.165, 1.54) is 6.42 Å². The molecule has 1 aromatic carbocycles. The van der Waals surface area contributed by atoms with Crippen LogP contribution in [0.15, 0.2) is 24.3 Å². The van der Waals surface area contributed by atoms with Crippen molar-refractivity contribution in [2.45, 2.75) is 38.2 Å². The minimum Gasteiger partial charge on any atom is -0.444 e. The predicted molar refractivity (Wildman–Crippen MR) is 88.5 cm³/mol. The zero-order valence-electron chi connectivity index (χ0n) is 13.6. The summed E-state index contributed by atoms with van der Waals surface area (Å²) in [5.74, 6) is 0.377. The number of rotatable bonds is 6. The highest BCUT2D eigenvalue weighted by atomic mass is 16.7. The Morgan fingerprint density at radius 3 is 2.58 bits per heavy atom. The van der Waals surface area contributed by atoms with Crippen LogP contribution in [0.25, 0.3) is 0 Å². The van der Waals surface area contributed by atoms with Crippen LogP contribution < -0.4 is 15.5 Å². The van der Waals surface area contributed by atoms with Gasteiger partial charge in [0.05, 0.1) is 6.54 Å². The second-order valence-corrected chi connectivity index (χ2v) is 6.20. The van der Waals surface area contributed by atoms with Gasteiger partial charge in [-0.1, -0.05) is 6.42 Å². The number of piperidine rings is 1. The summed E-state index contributed by atoms with van der Waals surface area (Å²) in [5.41, 5.74) is 5.89. The van der Waals surface area contributed by atoms with Crippen molar-refractivity contribution >= 4 is 17.7 Å². The van der Waals surface area contributed by atoms with Crippen molar-refractivity contribution < 1.29 is 19.2 Å². The topological polar surface area (TPSA) is 85.1 Å². The number of hydroxylamine groups is 2. The van der Waals surface area contributed by atoms with E-state index < -0.39 is 6.09 Å². The van der Waals surface area contributed by atoms with Gasteiger partial charge >= 0.3 is 6.09 Å². The van der Waals surface area contributed by atoms with Crippen molar-refractivity contribution in [3.63, 3.8) is 0 Å². The Labute approximate surface area is 141 Å². The molecule has 24 heavy (non-hydrogen) atoms. The number of primary amides is 1. The molecule has 130 valence electrons. The summed E-state index contributed by atoms with van der Waals surface area (Å²) in [6, 6.07) is 7.40. The van der Waals surface area contributed by atoms with E-state index in [0.29, 0.717) is 13.0 Å². The monoisotopic (exact) mass is 333 g/mol. The standard InChI is InChI=1S/C17H23N3O4/c18-16(21)9-8-15-12-20(17(22)23-15)13-4-6-14(7-5-13)24-19-10-2-1-3-11-19/h4-7,15H,1-3,8-12H2,(H2,18,21). The highest BCUT2D eigenvalue weighted by molar-refractivity contribution is 5.89. The van der Waals surface area contributed by atoms with Crippen LogP contribution in [0.3, 0.4) is 0 Å². The molecule has 2 heterocycles. The molecule has 7 nitrogen and oxygen atoms in total. The first-order chi connectivity index (χ1) is 11.6. The number of anilines is 1. The molecular weight excluding hydrogens is 310 g/mol. The second kappa shape index (κ2) is 7.53. The van der Waals surface area contributed by atoms with Crippen LogP contribution in [0.2, 0.25) is 0 Å². The van der Waals surface area contributed by atoms with Crippen LogP contribution >= 0.6 is 0 Å². The maximum atomic E-state index is 12.0. The van der Waals surface area contributed by atoms with Crippen molar-refractivity contribution in [2.24, 2.45) is 5.73 Å². The number of carbonyl (C=O) groups is 2. The number of cyclic esters (lactones) is 1. The van der Waals surface area contributed by atoms with E-state index >= 15 is 0 Å². The van der Waals surface area contributed by atoms with E-state index in [2.05, 4.69) is 0 Å². The van der Waals surface area contributed by atoms with Crippen molar-refractivity contribution in [1.29, 1.82) is 0 Å². The number of hydrogen-bond acceptors (Lipinski definition) is 5. The number of hydrogen-bond donors (Lipinski definition) is 1. The highest BCUT2D eigenvalue weighted by Crippen LogP contribution is 2.26. The minimum absolute atomic E-state index is 0.217. The molecule has 1 aromatic rings. The molecule has 3 rings (SSSR count). The van der Waals surface area contributed by atoms with Crippen LogP contribution in [-0.4, -0.2) is 42.8 Å². The van der Waals surface area contributed by atoms with Gasteiger partial charge in [-0.25, -0.2) is 4.79 Å². The summed E-state index contributed by atoms with van der Waals surface area (Å²) in [6.07, 6.45) is 3.55. The lowest BCUT2D eigenvalue weighted by molar-refractivity contribution is -0.118. The molecule has 1 atom stereocenters. The lowest BCUT2D eigenvalue weighted by Crippen LogP contribution is -2.32. The van der Waals surface area contributed by atoms with Crippen molar-refractivity contribution in [1.82, 2.24) is 5.06 Å². The summed E-state index contributed by atoms with van der Waals surface area (Å²) in [7, 11) is 0. The van der Waals surface area contributed by atoms with E-state index in [4.69, 9.17) is 15.3 Å². The fourth-order valence-corrected chi connectivity index (χ4v) is 2.98. The van der Waals surface area contributed by atoms with Gasteiger partial charge < -0.3 is 15.3 Å². The molecule has 0 bridgehead atoms. The molecule has 0 radical (unpaired) electrons. The minimum atomic E-state index is -0.394. The molecule has 2 aliphatic heterocycles. The average Bonchev–Trinajstić information content (AvgIpc) is 2.96. The van der Waals surface area contributed by atoms with Gasteiger partial charge in [-0.2, -0.15) is 0 Å². The highest BCUT2D eigenvalue weighted by Gasteiger charge is 2.32. The van der Waals surface area contributed by atoms with Gasteiger partial charge in [0.15, 0.2) is 0 Å². The van der Waals surface area contributed by atoms with Gasteiger partial charge in [0, 0.05) is 25.2 Å².